The van der Waals surface area contributed by atoms with Crippen molar-refractivity contribution in [3.8, 4) is 11.5 Å². The van der Waals surface area contributed by atoms with Crippen LogP contribution in [0.4, 0.5) is 5.95 Å². The van der Waals surface area contributed by atoms with Crippen LogP contribution >= 0.6 is 0 Å². The van der Waals surface area contributed by atoms with Crippen molar-refractivity contribution >= 4 is 11.9 Å². The van der Waals surface area contributed by atoms with E-state index in [0.717, 1.165) is 5.56 Å². The van der Waals surface area contributed by atoms with Crippen molar-refractivity contribution in [2.24, 2.45) is 5.73 Å². The van der Waals surface area contributed by atoms with Crippen molar-refractivity contribution in [3.63, 3.8) is 0 Å². The van der Waals surface area contributed by atoms with Gasteiger partial charge in [-0.3, -0.25) is 4.79 Å². The van der Waals surface area contributed by atoms with E-state index in [1.54, 1.807) is 26.2 Å². The number of rotatable bonds is 5. The van der Waals surface area contributed by atoms with Gasteiger partial charge in [0.15, 0.2) is 11.5 Å². The van der Waals surface area contributed by atoms with E-state index in [0.29, 0.717) is 35.3 Å². The number of methoxy groups -OCH3 is 1. The monoisotopic (exact) mass is 330 g/mol. The number of nitrogens with one attached hydrogen (secondary N) is 1. The van der Waals surface area contributed by atoms with Gasteiger partial charge in [0.25, 0.3) is 0 Å². The molecule has 1 amide bonds. The van der Waals surface area contributed by atoms with Crippen molar-refractivity contribution in [3.05, 3.63) is 35.0 Å². The number of hydrogen-bond acceptors (Lipinski definition) is 7. The molecule has 0 saturated carbocycles. The highest BCUT2D eigenvalue weighted by atomic mass is 16.5. The summed E-state index contributed by atoms with van der Waals surface area (Å²) >= 11 is 0. The highest BCUT2D eigenvalue weighted by Crippen LogP contribution is 2.37. The Morgan fingerprint density at radius 1 is 1.42 bits per heavy atom. The van der Waals surface area contributed by atoms with E-state index in [9.17, 15) is 4.79 Å². The molecule has 1 aromatic heterocycles. The Morgan fingerprint density at radius 3 is 2.88 bits per heavy atom. The number of ether oxygens (including phenoxy) is 2. The molecule has 3 rings (SSSR count). The first kappa shape index (κ1) is 15.8. The van der Waals surface area contributed by atoms with Crippen LogP contribution in [0.15, 0.2) is 29.5 Å². The first-order valence-electron chi connectivity index (χ1n) is 7.43. The summed E-state index contributed by atoms with van der Waals surface area (Å²) in [5.41, 5.74) is 7.35. The van der Waals surface area contributed by atoms with Crippen LogP contribution in [0.5, 0.6) is 11.5 Å². The number of nitrogens with two attached hydrogens (primary N) is 1. The molecule has 1 aliphatic rings. The predicted octanol–water partition coefficient (Wildman–Crippen LogP) is 0.855. The van der Waals surface area contributed by atoms with Crippen molar-refractivity contribution in [1.82, 2.24) is 20.2 Å². The number of carbonyl (C=O) groups is 1. The van der Waals surface area contributed by atoms with Crippen LogP contribution in [0.1, 0.15) is 25.5 Å². The van der Waals surface area contributed by atoms with E-state index in [2.05, 4.69) is 20.8 Å². The van der Waals surface area contributed by atoms with Gasteiger partial charge in [-0.15, -0.1) is 0 Å². The second-order valence-corrected chi connectivity index (χ2v) is 5.22. The van der Waals surface area contributed by atoms with Crippen LogP contribution in [0, 0.1) is 0 Å². The zero-order valence-electron chi connectivity index (χ0n) is 13.6. The van der Waals surface area contributed by atoms with E-state index in [-0.39, 0.29) is 0 Å². The molecule has 1 aromatic carbocycles. The molecule has 0 bridgehead atoms. The average molecular weight is 330 g/mol. The van der Waals surface area contributed by atoms with Crippen molar-refractivity contribution in [2.45, 2.75) is 19.9 Å². The van der Waals surface area contributed by atoms with Gasteiger partial charge in [-0.05, 0) is 42.0 Å². The lowest BCUT2D eigenvalue weighted by molar-refractivity contribution is -0.115. The minimum absolute atomic E-state index is 0.390. The Balaban J connectivity index is 2.14. The third-order valence-corrected chi connectivity index (χ3v) is 3.78. The summed E-state index contributed by atoms with van der Waals surface area (Å²) in [6.07, 6.45) is 0. The number of nitrogens with zero attached hydrogens (tertiary/aromatic N) is 4. The summed E-state index contributed by atoms with van der Waals surface area (Å²) in [6.45, 7) is 4.17. The number of benzene rings is 1. The zero-order chi connectivity index (χ0) is 17.3. The number of hydrogen-bond donors (Lipinski definition) is 2. The van der Waals surface area contributed by atoms with Crippen molar-refractivity contribution in [1.29, 1.82) is 0 Å². The van der Waals surface area contributed by atoms with Gasteiger partial charge < -0.3 is 20.5 Å². The molecule has 0 aliphatic carbocycles. The number of allylic oxidation sites excluding steroid dienone is 1. The van der Waals surface area contributed by atoms with Gasteiger partial charge in [0.2, 0.25) is 11.9 Å². The smallest absolute Gasteiger partial charge is 0.248 e. The van der Waals surface area contributed by atoms with E-state index >= 15 is 0 Å². The van der Waals surface area contributed by atoms with E-state index in [1.165, 1.54) is 4.68 Å². The Bertz CT molecular complexity index is 813. The topological polar surface area (TPSA) is 117 Å². The van der Waals surface area contributed by atoms with Crippen LogP contribution < -0.4 is 20.5 Å². The molecule has 2 heterocycles. The average Bonchev–Trinajstić information content (AvgIpc) is 3.01. The predicted molar refractivity (Wildman–Crippen MR) is 85.6 cm³/mol. The number of primary amides is 1. The Hall–Kier alpha value is -3.10. The van der Waals surface area contributed by atoms with Crippen LogP contribution in [0.2, 0.25) is 0 Å². The molecular weight excluding hydrogens is 312 g/mol. The minimum atomic E-state index is -0.543. The quantitative estimate of drug-likeness (QED) is 0.834. The van der Waals surface area contributed by atoms with Gasteiger partial charge in [-0.1, -0.05) is 11.2 Å². The minimum Gasteiger partial charge on any atom is -0.493 e. The summed E-state index contributed by atoms with van der Waals surface area (Å²) in [5.74, 6) is 1.08. The lowest BCUT2D eigenvalue weighted by Crippen LogP contribution is -2.31. The summed E-state index contributed by atoms with van der Waals surface area (Å²) in [5, 5.41) is 14.5. The van der Waals surface area contributed by atoms with Crippen LogP contribution in [0.3, 0.4) is 0 Å². The molecule has 1 unspecified atom stereocenters. The van der Waals surface area contributed by atoms with Crippen LogP contribution in [-0.2, 0) is 4.79 Å². The molecule has 126 valence electrons. The van der Waals surface area contributed by atoms with E-state index in [4.69, 9.17) is 15.2 Å². The molecule has 0 spiro atoms. The standard InChI is InChI=1S/C15H18N6O3/c1-4-24-10-6-5-9(7-11(10)23-3)13-12(14(16)22)8(2)17-15-18-19-20-21(13)15/h5-7,13H,4H2,1-3H3,(H2,16,22)(H,17,18,20). The molecule has 3 N–H and O–H groups in total. The summed E-state index contributed by atoms with van der Waals surface area (Å²) in [7, 11) is 1.56. The fraction of sp³-hybridized carbons (Fsp3) is 0.333. The van der Waals surface area contributed by atoms with Crippen molar-refractivity contribution < 1.29 is 14.3 Å². The second kappa shape index (κ2) is 6.19. The first-order chi connectivity index (χ1) is 11.6. The van der Waals surface area contributed by atoms with E-state index in [1.807, 2.05) is 13.0 Å². The number of amides is 1. The Morgan fingerprint density at radius 2 is 2.21 bits per heavy atom. The Labute approximate surface area is 138 Å². The molecule has 9 heteroatoms. The molecule has 2 aromatic rings. The lowest BCUT2D eigenvalue weighted by Gasteiger charge is -2.27. The largest absolute Gasteiger partial charge is 0.493 e. The number of tetrazole rings is 1. The fourth-order valence-electron chi connectivity index (χ4n) is 2.77. The summed E-state index contributed by atoms with van der Waals surface area (Å²) in [4.78, 5) is 12.0. The Kier molecular flexibility index (Phi) is 4.07. The number of anilines is 1. The maximum Gasteiger partial charge on any atom is 0.248 e. The molecule has 1 atom stereocenters. The van der Waals surface area contributed by atoms with Gasteiger partial charge in [-0.2, -0.15) is 4.68 Å². The first-order valence-corrected chi connectivity index (χ1v) is 7.43. The van der Waals surface area contributed by atoms with Crippen LogP contribution in [-0.4, -0.2) is 39.8 Å². The highest BCUT2D eigenvalue weighted by molar-refractivity contribution is 5.95. The second-order valence-electron chi connectivity index (χ2n) is 5.22. The fourth-order valence-corrected chi connectivity index (χ4v) is 2.77. The van der Waals surface area contributed by atoms with Gasteiger partial charge in [0.1, 0.15) is 6.04 Å². The molecule has 1 aliphatic heterocycles. The third kappa shape index (κ3) is 2.53. The highest BCUT2D eigenvalue weighted by Gasteiger charge is 2.33. The summed E-state index contributed by atoms with van der Waals surface area (Å²) in [6, 6.07) is 4.88. The molecule has 9 nitrogen and oxygen atoms in total. The third-order valence-electron chi connectivity index (χ3n) is 3.78. The number of fused-ring (bicyclic) bond motifs is 1. The maximum atomic E-state index is 12.0. The van der Waals surface area contributed by atoms with Gasteiger partial charge in [0.05, 0.1) is 19.3 Å². The van der Waals surface area contributed by atoms with Gasteiger partial charge in [-0.25, -0.2) is 0 Å². The van der Waals surface area contributed by atoms with Crippen LogP contribution in [0.25, 0.3) is 0 Å². The SMILES string of the molecule is CCOc1ccc(C2C(C(N)=O)=C(C)Nc3nnnn32)cc1OC. The van der Waals surface area contributed by atoms with E-state index < -0.39 is 11.9 Å². The normalized spacial score (nSPS) is 16.4. The molecular formula is C15H18N6O3. The molecule has 0 fully saturated rings. The molecule has 0 radical (unpaired) electrons. The summed E-state index contributed by atoms with van der Waals surface area (Å²) < 4.78 is 12.4. The lowest BCUT2D eigenvalue weighted by atomic mass is 9.95. The van der Waals surface area contributed by atoms with Crippen molar-refractivity contribution in [2.75, 3.05) is 19.0 Å². The molecule has 0 saturated heterocycles. The van der Waals surface area contributed by atoms with Gasteiger partial charge >= 0.3 is 0 Å². The zero-order valence-corrected chi connectivity index (χ0v) is 13.6. The van der Waals surface area contributed by atoms with Gasteiger partial charge in [0, 0.05) is 5.70 Å². The number of aromatic nitrogens is 4. The molecule has 24 heavy (non-hydrogen) atoms. The number of carbonyl (C=O) groups excluding carboxylic acids is 1. The maximum absolute atomic E-state index is 12.0.